The van der Waals surface area contributed by atoms with Crippen LogP contribution in [-0.4, -0.2) is 76.0 Å². The Kier molecular flexibility index (Phi) is 10.9. The van der Waals surface area contributed by atoms with Gasteiger partial charge >= 0.3 is 44.6 Å². The first-order valence-electron chi connectivity index (χ1n) is 10.2. The van der Waals surface area contributed by atoms with Crippen molar-refractivity contribution in [2.24, 2.45) is 5.73 Å². The lowest BCUT2D eigenvalue weighted by molar-refractivity contribution is -0.445. The van der Waals surface area contributed by atoms with Crippen molar-refractivity contribution in [2.75, 3.05) is 19.8 Å². The second-order valence-corrected chi connectivity index (χ2v) is 10.1. The first-order chi connectivity index (χ1) is 16.3. The second kappa shape index (κ2) is 11.4. The second-order valence-electron chi connectivity index (χ2n) is 7.37. The Morgan fingerprint density at radius 2 is 0.946 bits per heavy atom. The average Bonchev–Trinajstić information content (AvgIpc) is 2.72. The molecule has 222 valence electrons. The molecule has 0 fully saturated rings. The summed E-state index contributed by atoms with van der Waals surface area (Å²) in [5.41, 5.74) is -1.34. The van der Waals surface area contributed by atoms with Gasteiger partial charge in [0.05, 0.1) is 0 Å². The van der Waals surface area contributed by atoms with E-state index < -0.39 is 75.1 Å². The van der Waals surface area contributed by atoms with Gasteiger partial charge in [-0.1, -0.05) is 0 Å². The van der Waals surface area contributed by atoms with Gasteiger partial charge in [-0.3, -0.25) is 4.79 Å². The molecule has 0 saturated carbocycles. The number of hydrogen-bond donors (Lipinski definition) is 1. The maximum absolute atomic E-state index is 15.0. The number of amides is 1. The molecule has 0 aromatic carbocycles. The van der Waals surface area contributed by atoms with E-state index in [0.717, 1.165) is 0 Å². The Morgan fingerprint density at radius 1 is 0.622 bits per heavy atom. The lowest BCUT2D eigenvalue weighted by Crippen LogP contribution is -2.74. The average molecular weight is 599 g/mol. The van der Waals surface area contributed by atoms with Gasteiger partial charge in [0.2, 0.25) is 0 Å². The van der Waals surface area contributed by atoms with Gasteiger partial charge in [0.15, 0.2) is 0 Å². The SMILES string of the molecule is CCO[Si](CCCC(F)(C(N)=O)C(F)(F)C(F)(F)C(F)(F)C(F)(F)C(F)(F)C(F)(F)F)(OCC)OCC. The first kappa shape index (κ1) is 35.6. The molecule has 0 rings (SSSR count). The quantitative estimate of drug-likeness (QED) is 0.181. The molecule has 0 heterocycles. The summed E-state index contributed by atoms with van der Waals surface area (Å²) < 4.78 is 205. The normalized spacial score (nSPS) is 16.6. The van der Waals surface area contributed by atoms with Crippen molar-refractivity contribution >= 4 is 14.7 Å². The van der Waals surface area contributed by atoms with Crippen LogP contribution >= 0.6 is 0 Å². The van der Waals surface area contributed by atoms with Crippen molar-refractivity contribution < 1.29 is 79.5 Å². The fourth-order valence-electron chi connectivity index (χ4n) is 3.00. The summed E-state index contributed by atoms with van der Waals surface area (Å²) in [6.45, 7) is 3.67. The smallest absolute Gasteiger partial charge is 0.374 e. The molecule has 0 aromatic rings. The molecular weight excluding hydrogens is 576 g/mol. The molecule has 20 heteroatoms. The third-order valence-electron chi connectivity index (χ3n) is 4.92. The molecule has 1 unspecified atom stereocenters. The fraction of sp³-hybridized carbons (Fsp3) is 0.941. The number of rotatable bonds is 16. The van der Waals surface area contributed by atoms with Crippen molar-refractivity contribution in [3.63, 3.8) is 0 Å². The molecule has 5 nitrogen and oxygen atoms in total. The van der Waals surface area contributed by atoms with E-state index in [2.05, 4.69) is 5.73 Å². The molecule has 0 aliphatic carbocycles. The molecule has 1 atom stereocenters. The monoisotopic (exact) mass is 599 g/mol. The highest BCUT2D eigenvalue weighted by atomic mass is 28.4. The summed E-state index contributed by atoms with van der Waals surface area (Å²) in [7, 11) is -3.89. The zero-order chi connectivity index (χ0) is 29.9. The van der Waals surface area contributed by atoms with E-state index >= 15 is 0 Å². The van der Waals surface area contributed by atoms with Gasteiger partial charge in [-0.2, -0.15) is 57.1 Å². The summed E-state index contributed by atoms with van der Waals surface area (Å²) in [6.07, 6.45) is -11.1. The van der Waals surface area contributed by atoms with E-state index in [1.54, 1.807) is 0 Å². The van der Waals surface area contributed by atoms with Crippen LogP contribution in [-0.2, 0) is 18.1 Å². The maximum atomic E-state index is 15.0. The number of nitrogens with two attached hydrogens (primary N) is 1. The topological polar surface area (TPSA) is 70.8 Å². The van der Waals surface area contributed by atoms with E-state index in [0.29, 0.717) is 0 Å². The Hall–Kier alpha value is -1.41. The molecular formula is C17H23F14NO4Si. The standard InChI is InChI=1S/C17H23F14NO4Si/c1-4-34-37(35-5-2,36-6-3)9-7-8-11(18,10(32)33)12(19,20)13(21,22)14(23,24)15(25,26)16(27,28)17(29,30)31/h4-9H2,1-3H3,(H2,32,33). The van der Waals surface area contributed by atoms with Crippen LogP contribution in [0.3, 0.4) is 0 Å². The van der Waals surface area contributed by atoms with E-state index in [-0.39, 0.29) is 19.8 Å². The van der Waals surface area contributed by atoms with Crippen molar-refractivity contribution in [1.82, 2.24) is 0 Å². The summed E-state index contributed by atoms with van der Waals surface area (Å²) in [5, 5.41) is 0. The van der Waals surface area contributed by atoms with Crippen LogP contribution < -0.4 is 5.73 Å². The molecule has 0 saturated heterocycles. The van der Waals surface area contributed by atoms with Crippen LogP contribution in [0.2, 0.25) is 6.04 Å². The van der Waals surface area contributed by atoms with Crippen molar-refractivity contribution in [3.8, 4) is 0 Å². The highest BCUT2D eigenvalue weighted by Gasteiger charge is 2.93. The Labute approximate surface area is 201 Å². The lowest BCUT2D eigenvalue weighted by Gasteiger charge is -2.43. The lowest BCUT2D eigenvalue weighted by atomic mass is 9.82. The van der Waals surface area contributed by atoms with Crippen LogP contribution in [0, 0.1) is 0 Å². The van der Waals surface area contributed by atoms with Crippen LogP contribution in [0.25, 0.3) is 0 Å². The number of hydrogen-bond acceptors (Lipinski definition) is 4. The number of alkyl halides is 14. The van der Waals surface area contributed by atoms with E-state index in [9.17, 15) is 66.3 Å². The van der Waals surface area contributed by atoms with Gasteiger partial charge in [-0.05, 0) is 33.6 Å². The van der Waals surface area contributed by atoms with Crippen LogP contribution in [0.4, 0.5) is 61.5 Å². The number of halogens is 14. The van der Waals surface area contributed by atoms with Gasteiger partial charge < -0.3 is 19.0 Å². The molecule has 0 bridgehead atoms. The summed E-state index contributed by atoms with van der Waals surface area (Å²) in [5.74, 6) is -43.0. The van der Waals surface area contributed by atoms with Crippen LogP contribution in [0.5, 0.6) is 0 Å². The van der Waals surface area contributed by atoms with Crippen LogP contribution in [0.1, 0.15) is 33.6 Å². The third-order valence-corrected chi connectivity index (χ3v) is 8.07. The van der Waals surface area contributed by atoms with E-state index in [4.69, 9.17) is 13.3 Å². The number of carbonyl (C=O) groups excluding carboxylic acids is 1. The van der Waals surface area contributed by atoms with Gasteiger partial charge in [0, 0.05) is 25.9 Å². The zero-order valence-corrected chi connectivity index (χ0v) is 20.2. The molecule has 1 amide bonds. The highest BCUT2D eigenvalue weighted by Crippen LogP contribution is 2.62. The molecule has 0 aromatic heterocycles. The molecule has 0 aliphatic heterocycles. The minimum Gasteiger partial charge on any atom is -0.374 e. The highest BCUT2D eigenvalue weighted by molar-refractivity contribution is 6.60. The Balaban J connectivity index is 6.51. The van der Waals surface area contributed by atoms with Crippen molar-refractivity contribution in [3.05, 3.63) is 0 Å². The minimum atomic E-state index is -8.27. The molecule has 37 heavy (non-hydrogen) atoms. The summed E-state index contributed by atoms with van der Waals surface area (Å²) >= 11 is 0. The molecule has 0 aliphatic rings. The number of carbonyl (C=O) groups is 1. The first-order valence-corrected chi connectivity index (χ1v) is 12.1. The number of primary amides is 1. The largest absolute Gasteiger partial charge is 0.500 e. The minimum absolute atomic E-state index is 0.161. The Bertz CT molecular complexity index is 763. The summed E-state index contributed by atoms with van der Waals surface area (Å²) in [4.78, 5) is 11.4. The summed E-state index contributed by atoms with van der Waals surface area (Å²) in [6, 6.07) is -0.748. The zero-order valence-electron chi connectivity index (χ0n) is 19.2. The van der Waals surface area contributed by atoms with Crippen molar-refractivity contribution in [2.45, 2.75) is 81.1 Å². The van der Waals surface area contributed by atoms with Gasteiger partial charge in [-0.25, -0.2) is 4.39 Å². The molecule has 0 radical (unpaired) electrons. The van der Waals surface area contributed by atoms with Gasteiger partial charge in [0.25, 0.3) is 11.6 Å². The molecule has 2 N–H and O–H groups in total. The predicted octanol–water partition coefficient (Wildman–Crippen LogP) is 5.75. The Morgan fingerprint density at radius 3 is 1.24 bits per heavy atom. The van der Waals surface area contributed by atoms with Gasteiger partial charge in [0.1, 0.15) is 0 Å². The van der Waals surface area contributed by atoms with E-state index in [1.807, 2.05) is 0 Å². The van der Waals surface area contributed by atoms with Crippen molar-refractivity contribution in [1.29, 1.82) is 0 Å². The van der Waals surface area contributed by atoms with Crippen LogP contribution in [0.15, 0.2) is 0 Å². The van der Waals surface area contributed by atoms with Gasteiger partial charge in [-0.15, -0.1) is 0 Å². The third kappa shape index (κ3) is 5.95. The van der Waals surface area contributed by atoms with E-state index in [1.165, 1.54) is 20.8 Å². The molecule has 0 spiro atoms. The fourth-order valence-corrected chi connectivity index (χ4v) is 5.62. The predicted molar refractivity (Wildman–Crippen MR) is 98.5 cm³/mol. The maximum Gasteiger partial charge on any atom is 0.500 e.